The van der Waals surface area contributed by atoms with Gasteiger partial charge in [-0.15, -0.1) is 0 Å². The summed E-state index contributed by atoms with van der Waals surface area (Å²) < 4.78 is 5.25. The maximum atomic E-state index is 6.29. The molecule has 0 saturated carbocycles. The lowest BCUT2D eigenvalue weighted by Crippen LogP contribution is -2.25. The molecule has 0 aliphatic rings. The molecule has 0 radical (unpaired) electrons. The number of nitrogens with two attached hydrogens (primary N) is 1. The van der Waals surface area contributed by atoms with Crippen molar-refractivity contribution in [2.75, 3.05) is 7.11 Å². The molecule has 0 amide bonds. The van der Waals surface area contributed by atoms with E-state index in [4.69, 9.17) is 10.5 Å². The van der Waals surface area contributed by atoms with E-state index in [1.54, 1.807) is 7.11 Å². The Kier molecular flexibility index (Phi) is 5.40. The lowest BCUT2D eigenvalue weighted by molar-refractivity contribution is 0.414. The molecular weight excluding hydrogens is 258 g/mol. The first-order valence-electron chi connectivity index (χ1n) is 7.56. The zero-order chi connectivity index (χ0) is 15.2. The van der Waals surface area contributed by atoms with E-state index in [1.165, 1.54) is 16.7 Å². The van der Waals surface area contributed by atoms with Crippen LogP contribution in [-0.2, 0) is 12.8 Å². The molecule has 112 valence electrons. The van der Waals surface area contributed by atoms with Crippen LogP contribution in [0.2, 0.25) is 0 Å². The normalized spacial score (nSPS) is 12.4. The number of methoxy groups -OCH3 is 1. The van der Waals surface area contributed by atoms with Gasteiger partial charge in [0.25, 0.3) is 0 Å². The molecule has 0 aliphatic heterocycles. The third-order valence-electron chi connectivity index (χ3n) is 3.78. The van der Waals surface area contributed by atoms with Crippen molar-refractivity contribution >= 4 is 0 Å². The summed E-state index contributed by atoms with van der Waals surface area (Å²) in [6.07, 6.45) is 1.76. The Morgan fingerprint density at radius 3 is 2.24 bits per heavy atom. The predicted molar refractivity (Wildman–Crippen MR) is 88.9 cm³/mol. The monoisotopic (exact) mass is 283 g/mol. The largest absolute Gasteiger partial charge is 0.497 e. The molecule has 21 heavy (non-hydrogen) atoms. The van der Waals surface area contributed by atoms with Gasteiger partial charge in [-0.3, -0.25) is 0 Å². The molecule has 2 aromatic rings. The molecular formula is C19H25NO. The van der Waals surface area contributed by atoms with E-state index in [0.717, 1.165) is 18.6 Å². The van der Waals surface area contributed by atoms with Gasteiger partial charge < -0.3 is 10.5 Å². The Balaban J connectivity index is 1.95. The van der Waals surface area contributed by atoms with E-state index < -0.39 is 0 Å². The highest BCUT2D eigenvalue weighted by molar-refractivity contribution is 5.30. The average Bonchev–Trinajstić information content (AvgIpc) is 2.47. The first-order chi connectivity index (χ1) is 10.1. The molecule has 2 heteroatoms. The smallest absolute Gasteiger partial charge is 0.119 e. The van der Waals surface area contributed by atoms with Gasteiger partial charge in [0.1, 0.15) is 5.75 Å². The molecule has 2 nitrogen and oxygen atoms in total. The van der Waals surface area contributed by atoms with Gasteiger partial charge in [0, 0.05) is 6.04 Å². The standard InChI is InChI=1S/C19H25NO/c1-14(2)17-9-7-15(8-10-17)11-18(20)12-16-5-4-6-19(13-16)21-3/h4-10,13-14,18H,11-12,20H2,1-3H3. The second-order valence-electron chi connectivity index (χ2n) is 5.92. The number of ether oxygens (including phenoxy) is 1. The van der Waals surface area contributed by atoms with Crippen LogP contribution >= 0.6 is 0 Å². The van der Waals surface area contributed by atoms with Crippen molar-refractivity contribution in [1.82, 2.24) is 0 Å². The maximum Gasteiger partial charge on any atom is 0.119 e. The lowest BCUT2D eigenvalue weighted by Gasteiger charge is -2.13. The van der Waals surface area contributed by atoms with E-state index in [9.17, 15) is 0 Å². The molecule has 0 aliphatic carbocycles. The summed E-state index contributed by atoms with van der Waals surface area (Å²) in [6, 6.07) is 17.1. The number of rotatable bonds is 6. The zero-order valence-electron chi connectivity index (χ0n) is 13.2. The fourth-order valence-corrected chi connectivity index (χ4v) is 2.52. The summed E-state index contributed by atoms with van der Waals surface area (Å²) in [7, 11) is 1.69. The van der Waals surface area contributed by atoms with E-state index in [1.807, 2.05) is 12.1 Å². The second-order valence-corrected chi connectivity index (χ2v) is 5.92. The minimum atomic E-state index is 0.127. The van der Waals surface area contributed by atoms with Crippen LogP contribution < -0.4 is 10.5 Å². The van der Waals surface area contributed by atoms with Crippen molar-refractivity contribution in [3.63, 3.8) is 0 Å². The average molecular weight is 283 g/mol. The van der Waals surface area contributed by atoms with Crippen LogP contribution in [0.25, 0.3) is 0 Å². The predicted octanol–water partition coefficient (Wildman–Crippen LogP) is 3.93. The van der Waals surface area contributed by atoms with Crippen molar-refractivity contribution in [2.24, 2.45) is 5.73 Å². The van der Waals surface area contributed by atoms with Crippen LogP contribution in [0.15, 0.2) is 48.5 Å². The van der Waals surface area contributed by atoms with E-state index in [0.29, 0.717) is 5.92 Å². The highest BCUT2D eigenvalue weighted by atomic mass is 16.5. The van der Waals surface area contributed by atoms with Crippen molar-refractivity contribution in [2.45, 2.75) is 38.6 Å². The zero-order valence-corrected chi connectivity index (χ0v) is 13.2. The molecule has 1 unspecified atom stereocenters. The first-order valence-corrected chi connectivity index (χ1v) is 7.56. The van der Waals surface area contributed by atoms with Crippen LogP contribution in [0.4, 0.5) is 0 Å². The van der Waals surface area contributed by atoms with E-state index in [-0.39, 0.29) is 6.04 Å². The third kappa shape index (κ3) is 4.61. The summed E-state index contributed by atoms with van der Waals surface area (Å²) in [6.45, 7) is 4.42. The second kappa shape index (κ2) is 7.28. The molecule has 0 bridgehead atoms. The van der Waals surface area contributed by atoms with Gasteiger partial charge >= 0.3 is 0 Å². The molecule has 0 fully saturated rings. The Morgan fingerprint density at radius 2 is 1.62 bits per heavy atom. The first kappa shape index (κ1) is 15.6. The molecule has 0 aromatic heterocycles. The Labute approximate surface area is 127 Å². The van der Waals surface area contributed by atoms with Crippen LogP contribution in [0.3, 0.4) is 0 Å². The Bertz CT molecular complexity index is 560. The van der Waals surface area contributed by atoms with Gasteiger partial charge in [-0.1, -0.05) is 50.2 Å². The minimum absolute atomic E-state index is 0.127. The van der Waals surface area contributed by atoms with Crippen molar-refractivity contribution < 1.29 is 4.74 Å². The van der Waals surface area contributed by atoms with Crippen LogP contribution in [0, 0.1) is 0 Å². The molecule has 2 rings (SSSR count). The number of benzene rings is 2. The van der Waals surface area contributed by atoms with Crippen molar-refractivity contribution in [3.8, 4) is 5.75 Å². The summed E-state index contributed by atoms with van der Waals surface area (Å²) in [5, 5.41) is 0. The van der Waals surface area contributed by atoms with Gasteiger partial charge in [0.15, 0.2) is 0 Å². The topological polar surface area (TPSA) is 35.2 Å². The fraction of sp³-hybridized carbons (Fsp3) is 0.368. The number of hydrogen-bond donors (Lipinski definition) is 1. The maximum absolute atomic E-state index is 6.29. The van der Waals surface area contributed by atoms with Gasteiger partial charge in [-0.2, -0.15) is 0 Å². The molecule has 2 N–H and O–H groups in total. The van der Waals surface area contributed by atoms with Crippen LogP contribution in [-0.4, -0.2) is 13.2 Å². The minimum Gasteiger partial charge on any atom is -0.497 e. The van der Waals surface area contributed by atoms with E-state index in [2.05, 4.69) is 50.2 Å². The Morgan fingerprint density at radius 1 is 0.952 bits per heavy atom. The SMILES string of the molecule is COc1cccc(CC(N)Cc2ccc(C(C)C)cc2)c1. The van der Waals surface area contributed by atoms with Gasteiger partial charge in [-0.25, -0.2) is 0 Å². The highest BCUT2D eigenvalue weighted by Gasteiger charge is 2.07. The third-order valence-corrected chi connectivity index (χ3v) is 3.78. The summed E-state index contributed by atoms with van der Waals surface area (Å²) >= 11 is 0. The summed E-state index contributed by atoms with van der Waals surface area (Å²) in [5.74, 6) is 1.46. The molecule has 2 aromatic carbocycles. The van der Waals surface area contributed by atoms with Crippen LogP contribution in [0.1, 0.15) is 36.5 Å². The highest BCUT2D eigenvalue weighted by Crippen LogP contribution is 2.17. The molecule has 0 heterocycles. The molecule has 1 atom stereocenters. The van der Waals surface area contributed by atoms with Crippen molar-refractivity contribution in [1.29, 1.82) is 0 Å². The molecule has 0 spiro atoms. The quantitative estimate of drug-likeness (QED) is 0.871. The van der Waals surface area contributed by atoms with Gasteiger partial charge in [0.05, 0.1) is 7.11 Å². The number of hydrogen-bond acceptors (Lipinski definition) is 2. The fourth-order valence-electron chi connectivity index (χ4n) is 2.52. The van der Waals surface area contributed by atoms with Gasteiger partial charge in [-0.05, 0) is 47.6 Å². The Hall–Kier alpha value is -1.80. The summed E-state index contributed by atoms with van der Waals surface area (Å²) in [4.78, 5) is 0. The summed E-state index contributed by atoms with van der Waals surface area (Å²) in [5.41, 5.74) is 10.2. The lowest BCUT2D eigenvalue weighted by atomic mass is 9.97. The van der Waals surface area contributed by atoms with Crippen LogP contribution in [0.5, 0.6) is 5.75 Å². The van der Waals surface area contributed by atoms with Gasteiger partial charge in [0.2, 0.25) is 0 Å². The van der Waals surface area contributed by atoms with E-state index >= 15 is 0 Å². The van der Waals surface area contributed by atoms with Crippen molar-refractivity contribution in [3.05, 3.63) is 65.2 Å². The molecule has 0 saturated heterocycles.